The lowest BCUT2D eigenvalue weighted by Crippen LogP contribution is -2.31. The molecule has 0 aromatic heterocycles. The summed E-state index contributed by atoms with van der Waals surface area (Å²) in [6.45, 7) is 0.564. The van der Waals surface area contributed by atoms with Crippen molar-refractivity contribution in [1.82, 2.24) is 9.91 Å². The van der Waals surface area contributed by atoms with Gasteiger partial charge in [-0.1, -0.05) is 0 Å². The molecule has 0 radical (unpaired) electrons. The maximum atomic E-state index is 11.6. The highest BCUT2D eigenvalue weighted by atomic mass is 79.9. The number of carbonyl (C=O) groups is 2. The van der Waals surface area contributed by atoms with E-state index in [2.05, 4.69) is 21.0 Å². The van der Waals surface area contributed by atoms with Crippen LogP contribution in [0, 0.1) is 0 Å². The zero-order valence-corrected chi connectivity index (χ0v) is 10.4. The Morgan fingerprint density at radius 2 is 2.31 bits per heavy atom. The van der Waals surface area contributed by atoms with Gasteiger partial charge in [0, 0.05) is 6.42 Å². The molecule has 2 heterocycles. The zero-order chi connectivity index (χ0) is 11.7. The first-order valence-electron chi connectivity index (χ1n) is 4.47. The Balaban J connectivity index is 2.03. The lowest BCUT2D eigenvalue weighted by Gasteiger charge is -2.10. The van der Waals surface area contributed by atoms with Gasteiger partial charge in [0.1, 0.15) is 0 Å². The highest BCUT2D eigenvalue weighted by Gasteiger charge is 2.33. The molecule has 0 unspecified atom stereocenters. The number of ether oxygens (including phenoxy) is 1. The van der Waals surface area contributed by atoms with Crippen molar-refractivity contribution in [2.24, 2.45) is 5.10 Å². The van der Waals surface area contributed by atoms with E-state index in [-0.39, 0.29) is 6.54 Å². The van der Waals surface area contributed by atoms with Gasteiger partial charge in [-0.2, -0.15) is 0 Å². The number of hydrazone groups is 1. The van der Waals surface area contributed by atoms with Gasteiger partial charge in [-0.05, 0) is 33.6 Å². The van der Waals surface area contributed by atoms with Crippen molar-refractivity contribution in [3.8, 4) is 0 Å². The Morgan fingerprint density at radius 3 is 2.81 bits per heavy atom. The first-order valence-corrected chi connectivity index (χ1v) is 5.64. The molecule has 6 nitrogen and oxygen atoms in total. The SMILES string of the molecule is O=C(Cl)N1CCN(N=C2CC=C(Br)O2)C1=O. The number of halogens is 2. The molecule has 1 saturated heterocycles. The fourth-order valence-electron chi connectivity index (χ4n) is 1.34. The highest BCUT2D eigenvalue weighted by molar-refractivity contribution is 9.11. The van der Waals surface area contributed by atoms with Gasteiger partial charge in [-0.25, -0.2) is 14.7 Å². The molecule has 3 amide bonds. The molecule has 0 saturated carbocycles. The van der Waals surface area contributed by atoms with E-state index in [1.165, 1.54) is 0 Å². The van der Waals surface area contributed by atoms with Crippen LogP contribution in [-0.2, 0) is 4.74 Å². The molecule has 0 bridgehead atoms. The van der Waals surface area contributed by atoms with Crippen molar-refractivity contribution in [3.05, 3.63) is 10.7 Å². The van der Waals surface area contributed by atoms with Crippen molar-refractivity contribution < 1.29 is 14.3 Å². The fraction of sp³-hybridized carbons (Fsp3) is 0.375. The van der Waals surface area contributed by atoms with E-state index in [1.54, 1.807) is 6.08 Å². The second kappa shape index (κ2) is 4.42. The number of imide groups is 1. The molecule has 2 aliphatic heterocycles. The third-order valence-corrected chi connectivity index (χ3v) is 2.77. The largest absolute Gasteiger partial charge is 0.434 e. The second-order valence-electron chi connectivity index (χ2n) is 3.12. The molecule has 16 heavy (non-hydrogen) atoms. The van der Waals surface area contributed by atoms with Crippen LogP contribution in [0.15, 0.2) is 15.8 Å². The summed E-state index contributed by atoms with van der Waals surface area (Å²) in [7, 11) is 0. The summed E-state index contributed by atoms with van der Waals surface area (Å²) in [5.74, 6) is 0.407. The predicted molar refractivity (Wildman–Crippen MR) is 60.2 cm³/mol. The minimum Gasteiger partial charge on any atom is -0.434 e. The quantitative estimate of drug-likeness (QED) is 0.550. The molecule has 8 heteroatoms. The number of nitrogens with zero attached hydrogens (tertiary/aromatic N) is 3. The summed E-state index contributed by atoms with van der Waals surface area (Å²) in [4.78, 5) is 23.3. The number of hydrogen-bond donors (Lipinski definition) is 0. The third kappa shape index (κ3) is 2.19. The Labute approximate surface area is 105 Å². The van der Waals surface area contributed by atoms with Crippen LogP contribution in [0.5, 0.6) is 0 Å². The van der Waals surface area contributed by atoms with Gasteiger partial charge in [-0.3, -0.25) is 4.79 Å². The summed E-state index contributed by atoms with van der Waals surface area (Å²) >= 11 is 8.37. The number of amides is 3. The van der Waals surface area contributed by atoms with Crippen LogP contribution in [0.25, 0.3) is 0 Å². The normalized spacial score (nSPS) is 22.8. The number of urea groups is 1. The van der Waals surface area contributed by atoms with Crippen molar-refractivity contribution in [2.75, 3.05) is 13.1 Å². The third-order valence-electron chi connectivity index (χ3n) is 2.08. The monoisotopic (exact) mass is 307 g/mol. The van der Waals surface area contributed by atoms with Gasteiger partial charge in [0.05, 0.1) is 13.1 Å². The number of rotatable bonds is 1. The molecule has 0 aromatic carbocycles. The van der Waals surface area contributed by atoms with Crippen LogP contribution in [-0.4, -0.2) is 40.3 Å². The first-order chi connectivity index (χ1) is 7.58. The summed E-state index contributed by atoms with van der Waals surface area (Å²) in [5.41, 5.74) is 0. The van der Waals surface area contributed by atoms with Gasteiger partial charge in [0.2, 0.25) is 5.90 Å². The summed E-state index contributed by atoms with van der Waals surface area (Å²) in [6.07, 6.45) is 2.29. The smallest absolute Gasteiger partial charge is 0.348 e. The lowest BCUT2D eigenvalue weighted by atomic mass is 10.5. The van der Waals surface area contributed by atoms with Crippen molar-refractivity contribution >= 4 is 44.8 Å². The highest BCUT2D eigenvalue weighted by Crippen LogP contribution is 2.19. The van der Waals surface area contributed by atoms with E-state index in [1.807, 2.05) is 0 Å². The fourth-order valence-corrected chi connectivity index (χ4v) is 1.85. The summed E-state index contributed by atoms with van der Waals surface area (Å²) < 4.78 is 5.74. The van der Waals surface area contributed by atoms with Crippen LogP contribution in [0.2, 0.25) is 0 Å². The molecule has 0 N–H and O–H groups in total. The Morgan fingerprint density at radius 1 is 1.56 bits per heavy atom. The molecular weight excluding hydrogens is 301 g/mol. The molecular formula is C8H7BrClN3O3. The summed E-state index contributed by atoms with van der Waals surface area (Å²) in [6, 6.07) is -0.529. The van der Waals surface area contributed by atoms with Crippen LogP contribution < -0.4 is 0 Å². The maximum absolute atomic E-state index is 11.6. The van der Waals surface area contributed by atoms with E-state index in [4.69, 9.17) is 16.3 Å². The second-order valence-corrected chi connectivity index (χ2v) is 4.22. The Hall–Kier alpha value is -1.08. The van der Waals surface area contributed by atoms with E-state index in [9.17, 15) is 9.59 Å². The summed E-state index contributed by atoms with van der Waals surface area (Å²) in [5, 5.41) is 4.35. The molecule has 0 spiro atoms. The molecule has 0 aromatic rings. The average Bonchev–Trinajstić information content (AvgIpc) is 2.76. The standard InChI is InChI=1S/C8H7BrClN3O3/c9-5-1-2-6(16-5)11-13-4-3-12(7(10)14)8(13)15/h1H,2-4H2. The molecule has 2 rings (SSSR count). The molecule has 1 fully saturated rings. The van der Waals surface area contributed by atoms with Gasteiger partial charge in [-0.15, -0.1) is 5.10 Å². The van der Waals surface area contributed by atoms with Crippen LogP contribution >= 0.6 is 27.5 Å². The minimum atomic E-state index is -0.792. The van der Waals surface area contributed by atoms with Crippen molar-refractivity contribution in [3.63, 3.8) is 0 Å². The topological polar surface area (TPSA) is 62.2 Å². The maximum Gasteiger partial charge on any atom is 0.348 e. The van der Waals surface area contributed by atoms with E-state index >= 15 is 0 Å². The van der Waals surface area contributed by atoms with Gasteiger partial charge < -0.3 is 4.74 Å². The Kier molecular flexibility index (Phi) is 3.15. The van der Waals surface area contributed by atoms with Gasteiger partial charge in [0.25, 0.3) is 0 Å². The molecule has 2 aliphatic rings. The lowest BCUT2D eigenvalue weighted by molar-refractivity contribution is 0.194. The predicted octanol–water partition coefficient (Wildman–Crippen LogP) is 2.05. The van der Waals surface area contributed by atoms with Crippen molar-refractivity contribution in [1.29, 1.82) is 0 Å². The molecule has 0 aliphatic carbocycles. The average molecular weight is 309 g/mol. The number of hydrogen-bond acceptors (Lipinski definition) is 4. The Bertz CT molecular complexity index is 409. The van der Waals surface area contributed by atoms with Gasteiger partial charge in [0.15, 0.2) is 4.67 Å². The number of carbonyl (C=O) groups excluding carboxylic acids is 2. The van der Waals surface area contributed by atoms with E-state index < -0.39 is 11.4 Å². The van der Waals surface area contributed by atoms with Crippen molar-refractivity contribution in [2.45, 2.75) is 6.42 Å². The van der Waals surface area contributed by atoms with E-state index in [0.717, 1.165) is 9.91 Å². The van der Waals surface area contributed by atoms with Crippen LogP contribution in [0.4, 0.5) is 9.59 Å². The zero-order valence-electron chi connectivity index (χ0n) is 8.02. The molecule has 0 atom stereocenters. The minimum absolute atomic E-state index is 0.243. The van der Waals surface area contributed by atoms with Crippen LogP contribution in [0.3, 0.4) is 0 Å². The van der Waals surface area contributed by atoms with Crippen LogP contribution in [0.1, 0.15) is 6.42 Å². The first kappa shape index (κ1) is 11.4. The van der Waals surface area contributed by atoms with E-state index in [0.29, 0.717) is 23.5 Å². The molecule has 86 valence electrons. The van der Waals surface area contributed by atoms with Gasteiger partial charge >= 0.3 is 11.4 Å².